The van der Waals surface area contributed by atoms with Gasteiger partial charge in [-0.05, 0) is 36.2 Å². The first-order chi connectivity index (χ1) is 13.0. The Hall–Kier alpha value is -2.96. The Morgan fingerprint density at radius 3 is 2.37 bits per heavy atom. The molecule has 0 atom stereocenters. The summed E-state index contributed by atoms with van der Waals surface area (Å²) in [6.45, 7) is 4.63. The molecule has 1 fully saturated rings. The number of carbonyl (C=O) groups is 2. The molecule has 1 aliphatic heterocycles. The van der Waals surface area contributed by atoms with Crippen molar-refractivity contribution in [2.75, 3.05) is 44.7 Å². The second-order valence-electron chi connectivity index (χ2n) is 6.72. The molecule has 0 radical (unpaired) electrons. The zero-order chi connectivity index (χ0) is 19.2. The second-order valence-corrected chi connectivity index (χ2v) is 6.72. The van der Waals surface area contributed by atoms with Gasteiger partial charge < -0.3 is 14.7 Å². The number of hydrogen-bond donors (Lipinski definition) is 0. The molecule has 2 amide bonds. The van der Waals surface area contributed by atoms with Crippen LogP contribution in [0.4, 0.5) is 5.69 Å². The number of aromatic nitrogens is 2. The Kier molecular flexibility index (Phi) is 6.01. The summed E-state index contributed by atoms with van der Waals surface area (Å²) in [7, 11) is 2.01. The number of nitrogens with zero attached hydrogens (tertiary/aromatic N) is 5. The maximum Gasteiger partial charge on any atom is 0.272 e. The Morgan fingerprint density at radius 1 is 1.04 bits per heavy atom. The summed E-state index contributed by atoms with van der Waals surface area (Å²) in [5, 5.41) is 0. The van der Waals surface area contributed by atoms with Gasteiger partial charge in [-0.1, -0.05) is 0 Å². The first kappa shape index (κ1) is 18.8. The highest BCUT2D eigenvalue weighted by molar-refractivity contribution is 5.93. The van der Waals surface area contributed by atoms with Gasteiger partial charge in [-0.15, -0.1) is 0 Å². The zero-order valence-electron chi connectivity index (χ0n) is 15.8. The lowest BCUT2D eigenvalue weighted by Gasteiger charge is -2.34. The molecule has 0 aliphatic carbocycles. The summed E-state index contributed by atoms with van der Waals surface area (Å²) >= 11 is 0. The van der Waals surface area contributed by atoms with E-state index in [1.165, 1.54) is 5.56 Å². The minimum Gasteiger partial charge on any atom is -0.374 e. The average molecular weight is 367 g/mol. The quantitative estimate of drug-likeness (QED) is 0.800. The standard InChI is InChI=1S/C20H25N5O2/c1-16(26)24-11-13-25(14-12-24)20(27)19-15-18(5-9-22-19)23(2)10-6-17-3-7-21-8-4-17/h3-5,7-9,15H,6,10-14H2,1-2H3. The third-order valence-corrected chi connectivity index (χ3v) is 4.90. The molecule has 2 aromatic rings. The number of amides is 2. The molecule has 1 aliphatic rings. The highest BCUT2D eigenvalue weighted by Gasteiger charge is 2.24. The van der Waals surface area contributed by atoms with Crippen molar-refractivity contribution in [1.82, 2.24) is 19.8 Å². The molecule has 7 heteroatoms. The molecular formula is C20H25N5O2. The molecule has 27 heavy (non-hydrogen) atoms. The van der Waals surface area contributed by atoms with Crippen LogP contribution in [0.2, 0.25) is 0 Å². The number of pyridine rings is 2. The van der Waals surface area contributed by atoms with E-state index in [1.54, 1.807) is 35.3 Å². The fourth-order valence-corrected chi connectivity index (χ4v) is 3.14. The molecule has 3 heterocycles. The van der Waals surface area contributed by atoms with Crippen molar-refractivity contribution in [1.29, 1.82) is 0 Å². The largest absolute Gasteiger partial charge is 0.374 e. The lowest BCUT2D eigenvalue weighted by Crippen LogP contribution is -2.50. The fraction of sp³-hybridized carbons (Fsp3) is 0.400. The van der Waals surface area contributed by atoms with Crippen LogP contribution in [0.1, 0.15) is 23.0 Å². The van der Waals surface area contributed by atoms with Crippen LogP contribution < -0.4 is 4.90 Å². The van der Waals surface area contributed by atoms with Gasteiger partial charge in [0.25, 0.3) is 5.91 Å². The number of carbonyl (C=O) groups excluding carboxylic acids is 2. The molecule has 3 rings (SSSR count). The van der Waals surface area contributed by atoms with Crippen LogP contribution in [0.15, 0.2) is 42.9 Å². The van der Waals surface area contributed by atoms with Gasteiger partial charge in [0.2, 0.25) is 5.91 Å². The molecule has 0 spiro atoms. The maximum absolute atomic E-state index is 12.8. The first-order valence-electron chi connectivity index (χ1n) is 9.15. The van der Waals surface area contributed by atoms with Crippen molar-refractivity contribution in [2.24, 2.45) is 0 Å². The number of likely N-dealkylation sites (N-methyl/N-ethyl adjacent to an activating group) is 1. The van der Waals surface area contributed by atoms with Crippen molar-refractivity contribution in [3.05, 3.63) is 54.1 Å². The summed E-state index contributed by atoms with van der Waals surface area (Å²) in [6.07, 6.45) is 6.17. The van der Waals surface area contributed by atoms with Crippen molar-refractivity contribution in [3.8, 4) is 0 Å². The van der Waals surface area contributed by atoms with E-state index in [2.05, 4.69) is 14.9 Å². The van der Waals surface area contributed by atoms with Crippen molar-refractivity contribution < 1.29 is 9.59 Å². The van der Waals surface area contributed by atoms with Crippen LogP contribution in [0.25, 0.3) is 0 Å². The molecule has 0 N–H and O–H groups in total. The monoisotopic (exact) mass is 367 g/mol. The Labute approximate surface area is 159 Å². The van der Waals surface area contributed by atoms with Crippen LogP contribution in [-0.2, 0) is 11.2 Å². The van der Waals surface area contributed by atoms with Crippen LogP contribution in [0.3, 0.4) is 0 Å². The van der Waals surface area contributed by atoms with Crippen LogP contribution >= 0.6 is 0 Å². The third-order valence-electron chi connectivity index (χ3n) is 4.90. The summed E-state index contributed by atoms with van der Waals surface area (Å²) < 4.78 is 0. The van der Waals surface area contributed by atoms with E-state index < -0.39 is 0 Å². The highest BCUT2D eigenvalue weighted by Crippen LogP contribution is 2.16. The predicted molar refractivity (Wildman–Crippen MR) is 104 cm³/mol. The number of piperazine rings is 1. The predicted octanol–water partition coefficient (Wildman–Crippen LogP) is 1.46. The van der Waals surface area contributed by atoms with Gasteiger partial charge in [0, 0.05) is 71.0 Å². The molecule has 0 bridgehead atoms. The van der Waals surface area contributed by atoms with Crippen LogP contribution in [0, 0.1) is 0 Å². The van der Waals surface area contributed by atoms with E-state index in [0.29, 0.717) is 31.9 Å². The molecule has 0 saturated carbocycles. The van der Waals surface area contributed by atoms with E-state index in [9.17, 15) is 9.59 Å². The van der Waals surface area contributed by atoms with Crippen molar-refractivity contribution in [2.45, 2.75) is 13.3 Å². The maximum atomic E-state index is 12.8. The summed E-state index contributed by atoms with van der Waals surface area (Å²) in [5.41, 5.74) is 2.63. The topological polar surface area (TPSA) is 69.6 Å². The van der Waals surface area contributed by atoms with E-state index in [1.807, 2.05) is 31.3 Å². The van der Waals surface area contributed by atoms with Gasteiger partial charge in [0.15, 0.2) is 0 Å². The lowest BCUT2D eigenvalue weighted by atomic mass is 10.2. The first-order valence-corrected chi connectivity index (χ1v) is 9.15. The number of anilines is 1. The molecule has 2 aromatic heterocycles. The molecule has 142 valence electrons. The Bertz CT molecular complexity index is 788. The average Bonchev–Trinajstić information content (AvgIpc) is 2.72. The molecule has 0 unspecified atom stereocenters. The van der Waals surface area contributed by atoms with Gasteiger partial charge >= 0.3 is 0 Å². The SMILES string of the molecule is CC(=O)N1CCN(C(=O)c2cc(N(C)CCc3ccncc3)ccn2)CC1. The second kappa shape index (κ2) is 8.62. The summed E-state index contributed by atoms with van der Waals surface area (Å²) in [6, 6.07) is 7.77. The molecular weight excluding hydrogens is 342 g/mol. The summed E-state index contributed by atoms with van der Waals surface area (Å²) in [5.74, 6) is -0.0272. The minimum absolute atomic E-state index is 0.0537. The third kappa shape index (κ3) is 4.81. The Balaban J connectivity index is 1.61. The molecule has 1 saturated heterocycles. The van der Waals surface area contributed by atoms with Gasteiger partial charge in [-0.3, -0.25) is 19.6 Å². The van der Waals surface area contributed by atoms with E-state index >= 15 is 0 Å². The molecule has 0 aromatic carbocycles. The Morgan fingerprint density at radius 2 is 1.70 bits per heavy atom. The number of hydrogen-bond acceptors (Lipinski definition) is 5. The fourth-order valence-electron chi connectivity index (χ4n) is 3.14. The van der Waals surface area contributed by atoms with E-state index in [0.717, 1.165) is 18.7 Å². The van der Waals surface area contributed by atoms with Crippen molar-refractivity contribution in [3.63, 3.8) is 0 Å². The van der Waals surface area contributed by atoms with E-state index in [4.69, 9.17) is 0 Å². The van der Waals surface area contributed by atoms with Gasteiger partial charge in [0.1, 0.15) is 5.69 Å². The molecule has 7 nitrogen and oxygen atoms in total. The summed E-state index contributed by atoms with van der Waals surface area (Å²) in [4.78, 5) is 38.1. The lowest BCUT2D eigenvalue weighted by molar-refractivity contribution is -0.130. The van der Waals surface area contributed by atoms with Crippen LogP contribution in [0.5, 0.6) is 0 Å². The zero-order valence-corrected chi connectivity index (χ0v) is 15.8. The number of rotatable bonds is 5. The highest BCUT2D eigenvalue weighted by atomic mass is 16.2. The minimum atomic E-state index is -0.0809. The van der Waals surface area contributed by atoms with Gasteiger partial charge in [-0.25, -0.2) is 0 Å². The van der Waals surface area contributed by atoms with Gasteiger partial charge in [0.05, 0.1) is 0 Å². The van der Waals surface area contributed by atoms with Crippen molar-refractivity contribution >= 4 is 17.5 Å². The van der Waals surface area contributed by atoms with Crippen LogP contribution in [-0.4, -0.2) is 71.4 Å². The smallest absolute Gasteiger partial charge is 0.272 e. The van der Waals surface area contributed by atoms with E-state index in [-0.39, 0.29) is 11.8 Å². The van der Waals surface area contributed by atoms with Gasteiger partial charge in [-0.2, -0.15) is 0 Å². The normalized spacial score (nSPS) is 14.1.